The molecule has 0 bridgehead atoms. The van der Waals surface area contributed by atoms with Crippen molar-refractivity contribution in [2.24, 2.45) is 0 Å². The van der Waals surface area contributed by atoms with E-state index in [9.17, 15) is 4.79 Å². The van der Waals surface area contributed by atoms with Crippen LogP contribution < -0.4 is 10.6 Å². The fourth-order valence-corrected chi connectivity index (χ4v) is 2.12. The predicted octanol–water partition coefficient (Wildman–Crippen LogP) is 1.08. The van der Waals surface area contributed by atoms with E-state index in [2.05, 4.69) is 20.8 Å². The van der Waals surface area contributed by atoms with Crippen molar-refractivity contribution in [3.05, 3.63) is 30.0 Å². The lowest BCUT2D eigenvalue weighted by atomic mass is 10.1. The molecule has 0 aliphatic carbocycles. The highest BCUT2D eigenvalue weighted by atomic mass is 35.5. The lowest BCUT2D eigenvalue weighted by Gasteiger charge is -2.11. The van der Waals surface area contributed by atoms with E-state index in [1.54, 1.807) is 6.20 Å². The fraction of sp³-hybridized carbons (Fsp3) is 0.333. The lowest BCUT2D eigenvalue weighted by molar-refractivity contribution is 0.0940. The number of carbonyl (C=O) groups is 1. The summed E-state index contributed by atoms with van der Waals surface area (Å²) in [5.41, 5.74) is 1.57. The van der Waals surface area contributed by atoms with Crippen molar-refractivity contribution in [2.75, 3.05) is 13.1 Å². The summed E-state index contributed by atoms with van der Waals surface area (Å²) in [6.07, 6.45) is 2.75. The highest BCUT2D eigenvalue weighted by molar-refractivity contribution is 5.97. The zero-order chi connectivity index (χ0) is 11.7. The average Bonchev–Trinajstić information content (AvgIpc) is 2.97. The maximum absolute atomic E-state index is 12.0. The molecule has 1 amide bonds. The molecule has 1 saturated heterocycles. The number of hydrogen-bond donors (Lipinski definition) is 3. The average molecular weight is 267 g/mol. The summed E-state index contributed by atoms with van der Waals surface area (Å²) in [6.45, 7) is 1.84. The quantitative estimate of drug-likeness (QED) is 0.762. The molecular weight excluding hydrogens is 252 g/mol. The van der Waals surface area contributed by atoms with E-state index in [4.69, 9.17) is 0 Å². The summed E-state index contributed by atoms with van der Waals surface area (Å²) in [6, 6.07) is 5.82. The Bertz CT molecular complexity index is 548. The van der Waals surface area contributed by atoms with Crippen LogP contribution in [0.2, 0.25) is 0 Å². The molecule has 5 nitrogen and oxygen atoms in total. The standard InChI is InChI=1S/C12H14N4O.ClH/c17-12(15-10-3-4-13-7-10)8-1-2-9-6-14-16-11(9)5-8;/h1-2,5-6,10,13H,3-4,7H2,(H,14,16)(H,15,17);1H. The molecule has 2 heterocycles. The number of nitrogens with zero attached hydrogens (tertiary/aromatic N) is 1. The highest BCUT2D eigenvalue weighted by Gasteiger charge is 2.17. The van der Waals surface area contributed by atoms with E-state index < -0.39 is 0 Å². The van der Waals surface area contributed by atoms with Gasteiger partial charge in [0.1, 0.15) is 0 Å². The summed E-state index contributed by atoms with van der Waals surface area (Å²) >= 11 is 0. The normalized spacial score (nSPS) is 18.6. The first-order chi connectivity index (χ1) is 8.33. The molecule has 2 aromatic rings. The van der Waals surface area contributed by atoms with Crippen LogP contribution in [0, 0.1) is 0 Å². The molecule has 0 saturated carbocycles. The van der Waals surface area contributed by atoms with Gasteiger partial charge >= 0.3 is 0 Å². The molecule has 96 valence electrons. The van der Waals surface area contributed by atoms with Gasteiger partial charge in [-0.15, -0.1) is 12.4 Å². The van der Waals surface area contributed by atoms with Gasteiger partial charge in [0.25, 0.3) is 5.91 Å². The molecule has 18 heavy (non-hydrogen) atoms. The smallest absolute Gasteiger partial charge is 0.251 e. The number of hydrogen-bond acceptors (Lipinski definition) is 3. The van der Waals surface area contributed by atoms with E-state index in [1.807, 2.05) is 18.2 Å². The molecular formula is C12H15ClN4O. The first-order valence-corrected chi connectivity index (χ1v) is 5.77. The van der Waals surface area contributed by atoms with Gasteiger partial charge in [0, 0.05) is 23.5 Å². The minimum atomic E-state index is -0.0183. The molecule has 1 atom stereocenters. The minimum Gasteiger partial charge on any atom is -0.348 e. The maximum Gasteiger partial charge on any atom is 0.251 e. The Kier molecular flexibility index (Phi) is 3.84. The van der Waals surface area contributed by atoms with Gasteiger partial charge in [-0.2, -0.15) is 5.10 Å². The predicted molar refractivity (Wildman–Crippen MR) is 72.1 cm³/mol. The number of benzene rings is 1. The molecule has 3 rings (SSSR count). The topological polar surface area (TPSA) is 69.8 Å². The molecule has 1 aromatic heterocycles. The van der Waals surface area contributed by atoms with Gasteiger partial charge < -0.3 is 10.6 Å². The Labute approximate surface area is 111 Å². The lowest BCUT2D eigenvalue weighted by Crippen LogP contribution is -2.36. The highest BCUT2D eigenvalue weighted by Crippen LogP contribution is 2.13. The fourth-order valence-electron chi connectivity index (χ4n) is 2.12. The number of rotatable bonds is 2. The van der Waals surface area contributed by atoms with Crippen molar-refractivity contribution in [2.45, 2.75) is 12.5 Å². The third-order valence-corrected chi connectivity index (χ3v) is 3.10. The third-order valence-electron chi connectivity index (χ3n) is 3.10. The number of H-pyrrole nitrogens is 1. The summed E-state index contributed by atoms with van der Waals surface area (Å²) in [4.78, 5) is 12.0. The van der Waals surface area contributed by atoms with Crippen LogP contribution in [0.5, 0.6) is 0 Å². The second kappa shape index (κ2) is 5.37. The van der Waals surface area contributed by atoms with E-state index in [0.29, 0.717) is 5.56 Å². The van der Waals surface area contributed by atoms with Crippen LogP contribution in [-0.4, -0.2) is 35.2 Å². The number of aromatic amines is 1. The van der Waals surface area contributed by atoms with Crippen molar-refractivity contribution in [1.82, 2.24) is 20.8 Å². The third kappa shape index (κ3) is 2.47. The largest absolute Gasteiger partial charge is 0.348 e. The van der Waals surface area contributed by atoms with Gasteiger partial charge in [-0.3, -0.25) is 9.89 Å². The summed E-state index contributed by atoms with van der Waals surface area (Å²) < 4.78 is 0. The van der Waals surface area contributed by atoms with Gasteiger partial charge in [0.15, 0.2) is 0 Å². The number of aromatic nitrogens is 2. The molecule has 0 radical (unpaired) electrons. The first-order valence-electron chi connectivity index (χ1n) is 5.77. The summed E-state index contributed by atoms with van der Waals surface area (Å²) in [5.74, 6) is -0.0183. The van der Waals surface area contributed by atoms with Crippen LogP contribution >= 0.6 is 12.4 Å². The number of carbonyl (C=O) groups excluding carboxylic acids is 1. The van der Waals surface area contributed by atoms with Crippen LogP contribution in [0.3, 0.4) is 0 Å². The number of halogens is 1. The maximum atomic E-state index is 12.0. The molecule has 0 spiro atoms. The zero-order valence-corrected chi connectivity index (χ0v) is 10.6. The molecule has 6 heteroatoms. The van der Waals surface area contributed by atoms with Crippen LogP contribution in [0.15, 0.2) is 24.4 Å². The molecule has 1 aliphatic heterocycles. The molecule has 1 unspecified atom stereocenters. The zero-order valence-electron chi connectivity index (χ0n) is 9.77. The number of fused-ring (bicyclic) bond motifs is 1. The monoisotopic (exact) mass is 266 g/mol. The Hall–Kier alpha value is -1.59. The number of nitrogens with one attached hydrogen (secondary N) is 3. The van der Waals surface area contributed by atoms with Crippen LogP contribution in [0.4, 0.5) is 0 Å². The Morgan fingerprint density at radius 2 is 2.33 bits per heavy atom. The second-order valence-electron chi connectivity index (χ2n) is 4.34. The van der Waals surface area contributed by atoms with Crippen LogP contribution in [0.1, 0.15) is 16.8 Å². The van der Waals surface area contributed by atoms with Gasteiger partial charge in [0.2, 0.25) is 0 Å². The van der Waals surface area contributed by atoms with Crippen molar-refractivity contribution < 1.29 is 4.79 Å². The van der Waals surface area contributed by atoms with E-state index >= 15 is 0 Å². The van der Waals surface area contributed by atoms with Gasteiger partial charge in [-0.05, 0) is 25.1 Å². The molecule has 1 fully saturated rings. The Morgan fingerprint density at radius 1 is 1.44 bits per heavy atom. The minimum absolute atomic E-state index is 0. The molecule has 1 aromatic carbocycles. The molecule has 1 aliphatic rings. The van der Waals surface area contributed by atoms with E-state index in [0.717, 1.165) is 30.4 Å². The first kappa shape index (κ1) is 12.9. The van der Waals surface area contributed by atoms with E-state index in [-0.39, 0.29) is 24.4 Å². The van der Waals surface area contributed by atoms with Crippen LogP contribution in [0.25, 0.3) is 10.9 Å². The van der Waals surface area contributed by atoms with E-state index in [1.165, 1.54) is 0 Å². The van der Waals surface area contributed by atoms with Crippen LogP contribution in [-0.2, 0) is 0 Å². The molecule has 3 N–H and O–H groups in total. The number of amides is 1. The van der Waals surface area contributed by atoms with Crippen molar-refractivity contribution >= 4 is 29.2 Å². The SMILES string of the molecule is Cl.O=C(NC1CCNC1)c1ccc2cn[nH]c2c1. The van der Waals surface area contributed by atoms with Crippen molar-refractivity contribution in [1.29, 1.82) is 0 Å². The van der Waals surface area contributed by atoms with Gasteiger partial charge in [0.05, 0.1) is 11.7 Å². The second-order valence-corrected chi connectivity index (χ2v) is 4.34. The summed E-state index contributed by atoms with van der Waals surface area (Å²) in [7, 11) is 0. The Morgan fingerprint density at radius 3 is 3.11 bits per heavy atom. The van der Waals surface area contributed by atoms with Gasteiger partial charge in [-0.1, -0.05) is 6.07 Å². The van der Waals surface area contributed by atoms with Crippen molar-refractivity contribution in [3.8, 4) is 0 Å². The van der Waals surface area contributed by atoms with Gasteiger partial charge in [-0.25, -0.2) is 0 Å². The van der Waals surface area contributed by atoms with Crippen molar-refractivity contribution in [3.63, 3.8) is 0 Å². The Balaban J connectivity index is 0.00000120. The summed E-state index contributed by atoms with van der Waals surface area (Å²) in [5, 5.41) is 14.1.